The first-order chi connectivity index (χ1) is 8.67. The van der Waals surface area contributed by atoms with E-state index in [-0.39, 0.29) is 11.9 Å². The maximum Gasteiger partial charge on any atom is 0.137 e. The van der Waals surface area contributed by atoms with Gasteiger partial charge in [0.1, 0.15) is 5.82 Å². The van der Waals surface area contributed by atoms with Gasteiger partial charge in [0.25, 0.3) is 0 Å². The molecule has 96 valence electrons. The van der Waals surface area contributed by atoms with Crippen molar-refractivity contribution in [2.75, 3.05) is 0 Å². The van der Waals surface area contributed by atoms with Crippen LogP contribution in [0, 0.1) is 5.82 Å². The summed E-state index contributed by atoms with van der Waals surface area (Å²) in [7, 11) is 0. The molecule has 4 nitrogen and oxygen atoms in total. The number of nitrogens with one attached hydrogen (secondary N) is 1. The quantitative estimate of drug-likeness (QED) is 0.673. The molecule has 6 heteroatoms. The lowest BCUT2D eigenvalue weighted by molar-refractivity contribution is 0.541. The highest BCUT2D eigenvalue weighted by molar-refractivity contribution is 9.10. The summed E-state index contributed by atoms with van der Waals surface area (Å²) in [5, 5.41) is 4.20. The maximum atomic E-state index is 13.2. The Morgan fingerprint density at radius 3 is 2.89 bits per heavy atom. The molecule has 1 heterocycles. The molecule has 0 amide bonds. The van der Waals surface area contributed by atoms with Gasteiger partial charge in [-0.25, -0.2) is 9.82 Å². The summed E-state index contributed by atoms with van der Waals surface area (Å²) in [5.41, 5.74) is 4.56. The van der Waals surface area contributed by atoms with Crippen LogP contribution in [-0.2, 0) is 6.54 Å². The first-order valence-electron chi connectivity index (χ1n) is 5.60. The van der Waals surface area contributed by atoms with Gasteiger partial charge in [-0.3, -0.25) is 10.5 Å². The fourth-order valence-corrected chi connectivity index (χ4v) is 2.29. The highest BCUT2D eigenvalue weighted by Gasteiger charge is 2.17. The third kappa shape index (κ3) is 2.45. The van der Waals surface area contributed by atoms with E-state index in [0.717, 1.165) is 17.8 Å². The number of aromatic nitrogens is 2. The average Bonchev–Trinajstić information content (AvgIpc) is 2.83. The molecule has 1 atom stereocenters. The van der Waals surface area contributed by atoms with Crippen LogP contribution in [0.1, 0.15) is 24.2 Å². The van der Waals surface area contributed by atoms with Crippen LogP contribution in [-0.4, -0.2) is 9.78 Å². The predicted octanol–water partition coefficient (Wildman–Crippen LogP) is 2.36. The van der Waals surface area contributed by atoms with E-state index >= 15 is 0 Å². The third-order valence-corrected chi connectivity index (χ3v) is 3.40. The molecule has 3 N–H and O–H groups in total. The van der Waals surface area contributed by atoms with E-state index in [9.17, 15) is 4.39 Å². The molecule has 0 spiro atoms. The Bertz CT molecular complexity index is 541. The summed E-state index contributed by atoms with van der Waals surface area (Å²) in [6, 6.07) is 6.51. The number of halogens is 2. The van der Waals surface area contributed by atoms with Crippen molar-refractivity contribution < 1.29 is 4.39 Å². The van der Waals surface area contributed by atoms with E-state index in [4.69, 9.17) is 5.84 Å². The second-order valence-corrected chi connectivity index (χ2v) is 4.70. The van der Waals surface area contributed by atoms with Crippen molar-refractivity contribution in [1.29, 1.82) is 0 Å². The molecule has 0 saturated carbocycles. The molecule has 1 aromatic carbocycles. The van der Waals surface area contributed by atoms with Crippen LogP contribution in [0.3, 0.4) is 0 Å². The third-order valence-electron chi connectivity index (χ3n) is 2.79. The van der Waals surface area contributed by atoms with Crippen LogP contribution >= 0.6 is 15.9 Å². The van der Waals surface area contributed by atoms with Gasteiger partial charge in [0.2, 0.25) is 0 Å². The van der Waals surface area contributed by atoms with Gasteiger partial charge in [0, 0.05) is 12.7 Å². The van der Waals surface area contributed by atoms with E-state index in [1.165, 1.54) is 6.07 Å². The highest BCUT2D eigenvalue weighted by Crippen LogP contribution is 2.25. The van der Waals surface area contributed by atoms with E-state index < -0.39 is 0 Å². The molecule has 1 unspecified atom stereocenters. The van der Waals surface area contributed by atoms with Crippen molar-refractivity contribution in [3.8, 4) is 0 Å². The van der Waals surface area contributed by atoms with Gasteiger partial charge in [0.05, 0.1) is 16.2 Å². The zero-order chi connectivity index (χ0) is 13.1. The van der Waals surface area contributed by atoms with Crippen molar-refractivity contribution in [3.63, 3.8) is 0 Å². The molecule has 18 heavy (non-hydrogen) atoms. The fraction of sp³-hybridized carbons (Fsp3) is 0.250. The Labute approximate surface area is 113 Å². The number of hydrogen-bond acceptors (Lipinski definition) is 3. The molecule has 1 aromatic heterocycles. The molecule has 0 radical (unpaired) electrons. The van der Waals surface area contributed by atoms with Crippen LogP contribution in [0.5, 0.6) is 0 Å². The van der Waals surface area contributed by atoms with Crippen LogP contribution in [0.2, 0.25) is 0 Å². The second-order valence-electron chi connectivity index (χ2n) is 3.85. The largest absolute Gasteiger partial charge is 0.271 e. The first-order valence-corrected chi connectivity index (χ1v) is 6.39. The van der Waals surface area contributed by atoms with Gasteiger partial charge in [-0.1, -0.05) is 6.07 Å². The molecule has 2 aromatic rings. The Morgan fingerprint density at radius 2 is 2.28 bits per heavy atom. The van der Waals surface area contributed by atoms with Gasteiger partial charge in [-0.05, 0) is 46.6 Å². The van der Waals surface area contributed by atoms with Crippen molar-refractivity contribution in [2.45, 2.75) is 19.5 Å². The molecular weight excluding hydrogens is 299 g/mol. The monoisotopic (exact) mass is 312 g/mol. The minimum atomic E-state index is -0.293. The van der Waals surface area contributed by atoms with Crippen molar-refractivity contribution in [3.05, 3.63) is 52.0 Å². The van der Waals surface area contributed by atoms with E-state index in [2.05, 4.69) is 26.5 Å². The molecular formula is C12H14BrFN4. The number of hydrazine groups is 1. The Hall–Kier alpha value is -1.24. The molecule has 0 saturated heterocycles. The average molecular weight is 313 g/mol. The van der Waals surface area contributed by atoms with Gasteiger partial charge in [0.15, 0.2) is 0 Å². The summed E-state index contributed by atoms with van der Waals surface area (Å²) in [5.74, 6) is 5.31. The summed E-state index contributed by atoms with van der Waals surface area (Å²) >= 11 is 3.18. The van der Waals surface area contributed by atoms with E-state index in [1.54, 1.807) is 18.3 Å². The van der Waals surface area contributed by atoms with Gasteiger partial charge < -0.3 is 0 Å². The van der Waals surface area contributed by atoms with Gasteiger partial charge in [-0.2, -0.15) is 5.10 Å². The zero-order valence-electron chi connectivity index (χ0n) is 9.90. The molecule has 2 rings (SSSR count). The number of aryl methyl sites for hydroxylation is 1. The van der Waals surface area contributed by atoms with E-state index in [1.807, 2.05) is 17.7 Å². The van der Waals surface area contributed by atoms with Crippen LogP contribution < -0.4 is 11.3 Å². The van der Waals surface area contributed by atoms with Crippen molar-refractivity contribution in [2.24, 2.45) is 5.84 Å². The molecule has 0 aliphatic carbocycles. The lowest BCUT2D eigenvalue weighted by Gasteiger charge is -2.18. The summed E-state index contributed by atoms with van der Waals surface area (Å²) in [6.45, 7) is 2.76. The number of hydrogen-bond donors (Lipinski definition) is 2. The lowest BCUT2D eigenvalue weighted by Crippen LogP contribution is -2.30. The fourth-order valence-electron chi connectivity index (χ4n) is 1.90. The first kappa shape index (κ1) is 13.2. The topological polar surface area (TPSA) is 55.9 Å². The lowest BCUT2D eigenvalue weighted by atomic mass is 10.0. The predicted molar refractivity (Wildman–Crippen MR) is 71.2 cm³/mol. The van der Waals surface area contributed by atoms with Crippen LogP contribution in [0.25, 0.3) is 0 Å². The van der Waals surface area contributed by atoms with Gasteiger partial charge in [-0.15, -0.1) is 0 Å². The number of nitrogens with two attached hydrogens (primary N) is 1. The molecule has 0 fully saturated rings. The second kappa shape index (κ2) is 5.60. The van der Waals surface area contributed by atoms with E-state index in [0.29, 0.717) is 4.47 Å². The van der Waals surface area contributed by atoms with Gasteiger partial charge >= 0.3 is 0 Å². The Balaban J connectivity index is 2.42. The zero-order valence-corrected chi connectivity index (χ0v) is 11.5. The number of rotatable bonds is 4. The SMILES string of the molecule is CCn1nccc1C(NN)c1ccc(F)c(Br)c1. The standard InChI is InChI=1S/C12H14BrFN4/c1-2-18-11(5-6-16-18)12(17-15)8-3-4-10(14)9(13)7-8/h3-7,12,17H,2,15H2,1H3. The molecule has 0 aliphatic rings. The Kier molecular flexibility index (Phi) is 4.11. The van der Waals surface area contributed by atoms with Crippen LogP contribution in [0.15, 0.2) is 34.9 Å². The smallest absolute Gasteiger partial charge is 0.137 e. The minimum Gasteiger partial charge on any atom is -0.271 e. The molecule has 0 bridgehead atoms. The van der Waals surface area contributed by atoms with Crippen molar-refractivity contribution in [1.82, 2.24) is 15.2 Å². The summed E-state index contributed by atoms with van der Waals surface area (Å²) in [4.78, 5) is 0. The minimum absolute atomic E-state index is 0.218. The molecule has 0 aliphatic heterocycles. The highest BCUT2D eigenvalue weighted by atomic mass is 79.9. The summed E-state index contributed by atoms with van der Waals surface area (Å²) in [6.07, 6.45) is 1.72. The maximum absolute atomic E-state index is 13.2. The number of nitrogens with zero attached hydrogens (tertiary/aromatic N) is 2. The normalized spacial score (nSPS) is 12.7. The Morgan fingerprint density at radius 1 is 1.50 bits per heavy atom. The van der Waals surface area contributed by atoms with Crippen LogP contribution in [0.4, 0.5) is 4.39 Å². The summed E-state index contributed by atoms with van der Waals surface area (Å²) < 4.78 is 15.5. The number of benzene rings is 1. The van der Waals surface area contributed by atoms with Crippen molar-refractivity contribution >= 4 is 15.9 Å².